The van der Waals surface area contributed by atoms with Crippen LogP contribution in [0.25, 0.3) is 11.1 Å². The molecule has 1 aromatic carbocycles. The van der Waals surface area contributed by atoms with E-state index in [1.165, 1.54) is 0 Å². The molecule has 0 amide bonds. The van der Waals surface area contributed by atoms with Crippen molar-refractivity contribution >= 4 is 17.1 Å². The van der Waals surface area contributed by atoms with Gasteiger partial charge in [-0.3, -0.25) is 9.78 Å². The molecule has 0 saturated carbocycles. The quantitative estimate of drug-likeness (QED) is 0.772. The average molecular weight is 250 g/mol. The summed E-state index contributed by atoms with van der Waals surface area (Å²) in [5, 5.41) is 0. The van der Waals surface area contributed by atoms with Crippen molar-refractivity contribution in [3.63, 3.8) is 0 Å². The van der Waals surface area contributed by atoms with Crippen molar-refractivity contribution in [3.8, 4) is 0 Å². The zero-order valence-electron chi connectivity index (χ0n) is 9.93. The molecule has 2 rings (SSSR count). The van der Waals surface area contributed by atoms with Gasteiger partial charge in [0.1, 0.15) is 6.04 Å². The average Bonchev–Trinajstić information content (AvgIpc) is 2.68. The highest BCUT2D eigenvalue weighted by Gasteiger charge is 2.15. The maximum atomic E-state index is 11.4. The summed E-state index contributed by atoms with van der Waals surface area (Å²) in [5.41, 5.74) is 7.59. The Hall–Kier alpha value is -2.08. The Morgan fingerprint density at radius 1 is 1.56 bits per heavy atom. The van der Waals surface area contributed by atoms with Gasteiger partial charge in [0.15, 0.2) is 5.58 Å². The zero-order chi connectivity index (χ0) is 13.1. The van der Waals surface area contributed by atoms with E-state index in [4.69, 9.17) is 14.9 Å². The number of fused-ring (bicyclic) bond motifs is 1. The summed E-state index contributed by atoms with van der Waals surface area (Å²) >= 11 is 0. The lowest BCUT2D eigenvalue weighted by atomic mass is 10.1. The number of aromatic nitrogens is 1. The van der Waals surface area contributed by atoms with Gasteiger partial charge in [0.05, 0.1) is 12.1 Å². The molecule has 0 radical (unpaired) electrons. The van der Waals surface area contributed by atoms with Crippen molar-refractivity contribution < 1.29 is 13.9 Å². The smallest absolute Gasteiger partial charge is 0.417 e. The van der Waals surface area contributed by atoms with E-state index in [2.05, 4.69) is 4.98 Å². The first kappa shape index (κ1) is 12.4. The Kier molecular flexibility index (Phi) is 3.47. The highest BCUT2D eigenvalue weighted by Crippen LogP contribution is 2.13. The van der Waals surface area contributed by atoms with E-state index in [1.807, 2.05) is 0 Å². The van der Waals surface area contributed by atoms with Crippen molar-refractivity contribution in [1.82, 2.24) is 4.98 Å². The molecular weight excluding hydrogens is 236 g/mol. The zero-order valence-corrected chi connectivity index (χ0v) is 9.93. The first-order chi connectivity index (χ1) is 8.60. The maximum Gasteiger partial charge on any atom is 0.417 e. The van der Waals surface area contributed by atoms with Gasteiger partial charge in [-0.05, 0) is 31.0 Å². The van der Waals surface area contributed by atoms with E-state index in [0.717, 1.165) is 5.56 Å². The number of benzene rings is 1. The molecule has 1 aromatic heterocycles. The van der Waals surface area contributed by atoms with Crippen LogP contribution in [0.5, 0.6) is 0 Å². The third kappa shape index (κ3) is 2.60. The Labute approximate surface area is 103 Å². The number of hydrogen-bond donors (Lipinski definition) is 2. The van der Waals surface area contributed by atoms with E-state index in [1.54, 1.807) is 25.1 Å². The number of H-pyrrole nitrogens is 1. The second kappa shape index (κ2) is 5.05. The van der Waals surface area contributed by atoms with E-state index >= 15 is 0 Å². The molecule has 6 nitrogen and oxygen atoms in total. The van der Waals surface area contributed by atoms with Crippen LogP contribution in [0.4, 0.5) is 0 Å². The van der Waals surface area contributed by atoms with E-state index in [9.17, 15) is 9.59 Å². The van der Waals surface area contributed by atoms with Gasteiger partial charge in [0.2, 0.25) is 0 Å². The van der Waals surface area contributed by atoms with Crippen molar-refractivity contribution in [2.75, 3.05) is 6.61 Å². The minimum absolute atomic E-state index is 0.304. The lowest BCUT2D eigenvalue weighted by molar-refractivity contribution is -0.144. The summed E-state index contributed by atoms with van der Waals surface area (Å²) in [6.45, 7) is 2.03. The van der Waals surface area contributed by atoms with Gasteiger partial charge in [-0.25, -0.2) is 4.79 Å². The van der Waals surface area contributed by atoms with Crippen LogP contribution in [-0.2, 0) is 16.0 Å². The Balaban J connectivity index is 2.16. The molecule has 3 N–H and O–H groups in total. The number of carbonyl (C=O) groups is 1. The summed E-state index contributed by atoms with van der Waals surface area (Å²) in [7, 11) is 0. The standard InChI is InChI=1S/C12H14N2O4/c1-2-17-11(15)8(13)5-7-3-4-9-10(6-7)18-12(16)14-9/h3-4,6,8H,2,5,13H2,1H3,(H,14,16). The van der Waals surface area contributed by atoms with Crippen LogP contribution >= 0.6 is 0 Å². The highest BCUT2D eigenvalue weighted by atomic mass is 16.5. The van der Waals surface area contributed by atoms with Gasteiger partial charge in [-0.2, -0.15) is 0 Å². The summed E-state index contributed by atoms with van der Waals surface area (Å²) in [6, 6.07) is 4.47. The number of oxazole rings is 1. The van der Waals surface area contributed by atoms with E-state index in [0.29, 0.717) is 24.1 Å². The molecule has 0 aliphatic carbocycles. The lowest BCUT2D eigenvalue weighted by Gasteiger charge is -2.10. The Morgan fingerprint density at radius 2 is 2.33 bits per heavy atom. The molecule has 0 aliphatic rings. The molecule has 1 atom stereocenters. The number of nitrogens with one attached hydrogen (secondary N) is 1. The van der Waals surface area contributed by atoms with Crippen molar-refractivity contribution in [1.29, 1.82) is 0 Å². The number of esters is 1. The number of aromatic amines is 1. The molecule has 0 bridgehead atoms. The monoisotopic (exact) mass is 250 g/mol. The fourth-order valence-electron chi connectivity index (χ4n) is 1.70. The summed E-state index contributed by atoms with van der Waals surface area (Å²) in [5.74, 6) is -0.940. The molecule has 0 saturated heterocycles. The van der Waals surface area contributed by atoms with Crippen LogP contribution in [-0.4, -0.2) is 23.6 Å². The van der Waals surface area contributed by atoms with Gasteiger partial charge in [0.25, 0.3) is 0 Å². The first-order valence-corrected chi connectivity index (χ1v) is 5.64. The minimum Gasteiger partial charge on any atom is -0.465 e. The molecule has 6 heteroatoms. The van der Waals surface area contributed by atoms with Gasteiger partial charge in [0, 0.05) is 0 Å². The van der Waals surface area contributed by atoms with Gasteiger partial charge in [-0.15, -0.1) is 0 Å². The van der Waals surface area contributed by atoms with Crippen molar-refractivity contribution in [2.45, 2.75) is 19.4 Å². The van der Waals surface area contributed by atoms with Crippen LogP contribution < -0.4 is 11.5 Å². The lowest BCUT2D eigenvalue weighted by Crippen LogP contribution is -2.34. The van der Waals surface area contributed by atoms with E-state index < -0.39 is 17.8 Å². The predicted molar refractivity (Wildman–Crippen MR) is 65.1 cm³/mol. The number of ether oxygens (including phenoxy) is 1. The SMILES string of the molecule is CCOC(=O)C(N)Cc1ccc2[nH]c(=O)oc2c1. The van der Waals surface area contributed by atoms with E-state index in [-0.39, 0.29) is 0 Å². The van der Waals surface area contributed by atoms with Gasteiger partial charge < -0.3 is 14.9 Å². The second-order valence-corrected chi connectivity index (χ2v) is 3.91. The molecule has 1 heterocycles. The molecule has 18 heavy (non-hydrogen) atoms. The minimum atomic E-state index is -0.715. The molecular formula is C12H14N2O4. The van der Waals surface area contributed by atoms with Gasteiger partial charge >= 0.3 is 11.7 Å². The highest BCUT2D eigenvalue weighted by molar-refractivity contribution is 5.77. The van der Waals surface area contributed by atoms with Gasteiger partial charge in [-0.1, -0.05) is 6.07 Å². The summed E-state index contributed by atoms with van der Waals surface area (Å²) in [6.07, 6.45) is 0.337. The molecule has 0 aliphatic heterocycles. The van der Waals surface area contributed by atoms with Crippen LogP contribution in [0, 0.1) is 0 Å². The number of carbonyl (C=O) groups excluding carboxylic acids is 1. The summed E-state index contributed by atoms with van der Waals surface area (Å²) in [4.78, 5) is 24.9. The molecule has 2 aromatic rings. The fraction of sp³-hybridized carbons (Fsp3) is 0.333. The van der Waals surface area contributed by atoms with Crippen molar-refractivity contribution in [3.05, 3.63) is 34.3 Å². The topological polar surface area (TPSA) is 98.3 Å². The molecule has 0 spiro atoms. The summed E-state index contributed by atoms with van der Waals surface area (Å²) < 4.78 is 9.75. The number of hydrogen-bond acceptors (Lipinski definition) is 5. The largest absolute Gasteiger partial charge is 0.465 e. The first-order valence-electron chi connectivity index (χ1n) is 5.64. The molecule has 96 valence electrons. The number of rotatable bonds is 4. The molecule has 0 fully saturated rings. The molecule has 1 unspecified atom stereocenters. The Bertz CT molecular complexity index is 614. The third-order valence-corrected chi connectivity index (χ3v) is 2.53. The van der Waals surface area contributed by atoms with Crippen LogP contribution in [0.2, 0.25) is 0 Å². The normalized spacial score (nSPS) is 12.6. The predicted octanol–water partition coefficient (Wildman–Crippen LogP) is 0.554. The van der Waals surface area contributed by atoms with Crippen LogP contribution in [0.15, 0.2) is 27.4 Å². The fourth-order valence-corrected chi connectivity index (χ4v) is 1.70. The van der Waals surface area contributed by atoms with Crippen LogP contribution in [0.3, 0.4) is 0 Å². The number of nitrogens with two attached hydrogens (primary N) is 1. The maximum absolute atomic E-state index is 11.4. The Morgan fingerprint density at radius 3 is 3.06 bits per heavy atom. The van der Waals surface area contributed by atoms with Crippen LogP contribution in [0.1, 0.15) is 12.5 Å². The second-order valence-electron chi connectivity index (χ2n) is 3.91. The van der Waals surface area contributed by atoms with Crippen molar-refractivity contribution in [2.24, 2.45) is 5.73 Å². The third-order valence-electron chi connectivity index (χ3n) is 2.53.